The van der Waals surface area contributed by atoms with Crippen LogP contribution in [0.1, 0.15) is 44.5 Å². The van der Waals surface area contributed by atoms with Crippen LogP contribution in [0.25, 0.3) is 82.2 Å². The molecule has 16 rings (SSSR count). The molecule has 2 heterocycles. The normalized spacial score (nSPS) is 11.4. The van der Waals surface area contributed by atoms with E-state index < -0.39 is 0 Å². The molecule has 514 valence electrons. The minimum absolute atomic E-state index is 0.778. The second-order valence-corrected chi connectivity index (χ2v) is 26.3. The van der Waals surface area contributed by atoms with Crippen molar-refractivity contribution >= 4 is 117 Å². The number of para-hydroxylation sites is 8. The molecule has 6 heteroatoms. The number of hydrogen-bond acceptors (Lipinski definition) is 6. The number of rotatable bonds is 23. The van der Waals surface area contributed by atoms with E-state index in [2.05, 4.69) is 469 Å². The largest absolute Gasteiger partial charge is 0.311 e. The molecule has 6 nitrogen and oxygen atoms in total. The number of nitrogens with zero attached hydrogens (tertiary/aromatic N) is 6. The number of pyridine rings is 2. The van der Waals surface area contributed by atoms with Gasteiger partial charge >= 0.3 is 0 Å². The molecule has 0 N–H and O–H groups in total. The molecule has 0 unspecified atom stereocenters. The summed E-state index contributed by atoms with van der Waals surface area (Å²) in [5, 5.41) is 0. The first kappa shape index (κ1) is 68.0. The molecule has 0 spiro atoms. The van der Waals surface area contributed by atoms with Crippen LogP contribution in [0, 0.1) is 0 Å². The molecule has 0 amide bonds. The van der Waals surface area contributed by atoms with Crippen LogP contribution in [0.15, 0.2) is 413 Å². The van der Waals surface area contributed by atoms with Gasteiger partial charge in [-0.1, -0.05) is 279 Å². The van der Waals surface area contributed by atoms with Crippen LogP contribution in [-0.2, 0) is 0 Å². The fourth-order valence-corrected chi connectivity index (χ4v) is 13.7. The molecule has 0 fully saturated rings. The number of hydrogen-bond donors (Lipinski definition) is 0. The number of anilines is 12. The van der Waals surface area contributed by atoms with Crippen molar-refractivity contribution in [2.24, 2.45) is 0 Å². The summed E-state index contributed by atoms with van der Waals surface area (Å²) >= 11 is 0. The summed E-state index contributed by atoms with van der Waals surface area (Å²) in [4.78, 5) is 19.4. The maximum Gasteiger partial charge on any atom is 0.0886 e. The Morgan fingerprint density at radius 1 is 0.167 bits per heavy atom. The second-order valence-electron chi connectivity index (χ2n) is 26.3. The van der Waals surface area contributed by atoms with Crippen molar-refractivity contribution in [2.75, 3.05) is 19.6 Å². The first-order valence-electron chi connectivity index (χ1n) is 36.5. The van der Waals surface area contributed by atoms with Gasteiger partial charge in [-0.2, -0.15) is 0 Å². The molecule has 0 saturated carbocycles. The topological polar surface area (TPSA) is 38.7 Å². The average molecular weight is 1390 g/mol. The molecular weight excluding hydrogens is 1310 g/mol. The molecule has 0 aliphatic carbocycles. The zero-order chi connectivity index (χ0) is 72.5. The lowest BCUT2D eigenvalue weighted by Gasteiger charge is -2.25. The van der Waals surface area contributed by atoms with Crippen molar-refractivity contribution in [3.63, 3.8) is 0 Å². The van der Waals surface area contributed by atoms with Crippen molar-refractivity contribution in [2.45, 2.75) is 0 Å². The quantitative estimate of drug-likeness (QED) is 0.0594. The Bertz CT molecular complexity index is 5190. The van der Waals surface area contributed by atoms with Gasteiger partial charge < -0.3 is 19.6 Å². The number of benzene rings is 14. The van der Waals surface area contributed by atoms with Crippen LogP contribution in [0.2, 0.25) is 0 Å². The summed E-state index contributed by atoms with van der Waals surface area (Å²) in [5.41, 5.74) is 27.4. The third-order valence-electron chi connectivity index (χ3n) is 19.1. The van der Waals surface area contributed by atoms with E-state index in [9.17, 15) is 0 Å². The van der Waals surface area contributed by atoms with Crippen molar-refractivity contribution in [3.8, 4) is 33.6 Å². The lowest BCUT2D eigenvalue weighted by atomic mass is 9.96. The Balaban J connectivity index is 0.697. The fraction of sp³-hybridized carbons (Fsp3) is 0. The lowest BCUT2D eigenvalue weighted by Crippen LogP contribution is -2.09. The predicted octanol–water partition coefficient (Wildman–Crippen LogP) is 28.0. The highest BCUT2D eigenvalue weighted by Gasteiger charge is 2.18. The zero-order valence-electron chi connectivity index (χ0n) is 59.6. The van der Waals surface area contributed by atoms with E-state index in [1.165, 1.54) is 0 Å². The smallest absolute Gasteiger partial charge is 0.0886 e. The zero-order valence-corrected chi connectivity index (χ0v) is 59.6. The predicted molar refractivity (Wildman–Crippen MR) is 459 cm³/mol. The molecule has 16 aromatic rings. The molecule has 0 aliphatic rings. The summed E-state index contributed by atoms with van der Waals surface area (Å²) in [6.45, 7) is 0. The van der Waals surface area contributed by atoms with E-state index in [1.54, 1.807) is 0 Å². The SMILES string of the molecule is C(=C\c1ccc(/C=C/c2ccc(N(c3ccccc3)c3ccccc3)cc2)c(-c2ccc(-c3ccc(-c4cc(/C=C/c5ccc(N(c6ccccc6)c6ccccc6)cc5)ccc4/C=C/c4ccc(N(c5ccccc5)c5ccccc5)cc4)cn3)nc2)c1)/c1ccc(N(c2ccccc2)c2ccccc2)cc1. The van der Waals surface area contributed by atoms with Crippen LogP contribution < -0.4 is 19.6 Å². The van der Waals surface area contributed by atoms with Crippen LogP contribution in [-0.4, -0.2) is 9.97 Å². The molecule has 2 aromatic heterocycles. The molecule has 0 saturated heterocycles. The average Bonchev–Trinajstić information content (AvgIpc) is 0.732. The van der Waals surface area contributed by atoms with Gasteiger partial charge in [-0.25, -0.2) is 0 Å². The summed E-state index contributed by atoms with van der Waals surface area (Å²) in [6, 6.07) is 141. The second kappa shape index (κ2) is 32.9. The van der Waals surface area contributed by atoms with E-state index in [4.69, 9.17) is 9.97 Å². The van der Waals surface area contributed by atoms with Crippen LogP contribution in [0.3, 0.4) is 0 Å². The maximum absolute atomic E-state index is 5.16. The molecule has 14 aromatic carbocycles. The van der Waals surface area contributed by atoms with E-state index >= 15 is 0 Å². The summed E-state index contributed by atoms with van der Waals surface area (Å²) in [5.74, 6) is 0. The van der Waals surface area contributed by atoms with Crippen molar-refractivity contribution in [3.05, 3.63) is 457 Å². The molecule has 0 bridgehead atoms. The Morgan fingerprint density at radius 3 is 0.574 bits per heavy atom. The van der Waals surface area contributed by atoms with Gasteiger partial charge in [0.25, 0.3) is 0 Å². The lowest BCUT2D eigenvalue weighted by molar-refractivity contribution is 1.25. The molecule has 0 aliphatic heterocycles. The van der Waals surface area contributed by atoms with Gasteiger partial charge in [0.05, 0.1) is 11.4 Å². The van der Waals surface area contributed by atoms with Gasteiger partial charge in [0, 0.05) is 91.8 Å². The van der Waals surface area contributed by atoms with E-state index in [0.717, 1.165) is 146 Å². The highest BCUT2D eigenvalue weighted by Crippen LogP contribution is 2.40. The highest BCUT2D eigenvalue weighted by molar-refractivity contribution is 5.89. The molecule has 0 radical (unpaired) electrons. The third-order valence-corrected chi connectivity index (χ3v) is 19.1. The van der Waals surface area contributed by atoms with Crippen molar-refractivity contribution < 1.29 is 0 Å². The Labute approximate surface area is 633 Å². The van der Waals surface area contributed by atoms with Gasteiger partial charge in [0.15, 0.2) is 0 Å². The van der Waals surface area contributed by atoms with Crippen LogP contribution in [0.4, 0.5) is 68.2 Å². The monoisotopic (exact) mass is 1380 g/mol. The Kier molecular flexibility index (Phi) is 20.7. The molecule has 108 heavy (non-hydrogen) atoms. The summed E-state index contributed by atoms with van der Waals surface area (Å²) in [6.07, 6.45) is 21.5. The first-order valence-corrected chi connectivity index (χ1v) is 36.5. The fourth-order valence-electron chi connectivity index (χ4n) is 13.7. The standard InChI is InChI=1S/C102H76N6/c1-9-25-87(26-10-1)105(88-27-11-2-12-28-88)95-63-49-77(50-64-95)41-43-81-47-59-83(57-45-79-53-67-97(68-54-79)107(91-33-17-5-18-34-91)92-35-19-6-20-36-92)99(73-81)85-61-71-101(103-75-85)102-72-62-86(76-104-102)100-74-82(44-42-78-51-65-96(66-52-78)106(89-29-13-3-14-30-89)90-31-15-4-16-32-90)48-60-84(100)58-46-80-55-69-98(70-56-80)108(93-37-21-7-22-38-93)94-39-23-8-24-40-94/h1-76H/b43-41+,44-42+,57-45+,58-46+. The van der Waals surface area contributed by atoms with Gasteiger partial charge in [0.1, 0.15) is 0 Å². The minimum atomic E-state index is 0.778. The van der Waals surface area contributed by atoms with Crippen LogP contribution >= 0.6 is 0 Å². The Hall–Kier alpha value is -14.5. The molecule has 0 atom stereocenters. The van der Waals surface area contributed by atoms with Gasteiger partial charge in [0.2, 0.25) is 0 Å². The van der Waals surface area contributed by atoms with Gasteiger partial charge in [-0.3, -0.25) is 9.97 Å². The summed E-state index contributed by atoms with van der Waals surface area (Å²) < 4.78 is 0. The molecular formula is C102H76N6. The van der Waals surface area contributed by atoms with Gasteiger partial charge in [-0.15, -0.1) is 0 Å². The third kappa shape index (κ3) is 16.2. The summed E-state index contributed by atoms with van der Waals surface area (Å²) in [7, 11) is 0. The first-order chi connectivity index (χ1) is 53.5. The highest BCUT2D eigenvalue weighted by atomic mass is 15.2. The Morgan fingerprint density at radius 2 is 0.361 bits per heavy atom. The van der Waals surface area contributed by atoms with Crippen LogP contribution in [0.5, 0.6) is 0 Å². The van der Waals surface area contributed by atoms with Gasteiger partial charge in [-0.05, 0) is 225 Å². The minimum Gasteiger partial charge on any atom is -0.311 e. The van der Waals surface area contributed by atoms with E-state index in [-0.39, 0.29) is 0 Å². The van der Waals surface area contributed by atoms with E-state index in [0.29, 0.717) is 0 Å². The van der Waals surface area contributed by atoms with Crippen molar-refractivity contribution in [1.82, 2.24) is 9.97 Å². The van der Waals surface area contributed by atoms with Crippen molar-refractivity contribution in [1.29, 1.82) is 0 Å². The number of aromatic nitrogens is 2. The maximum atomic E-state index is 5.16. The van der Waals surface area contributed by atoms with E-state index in [1.807, 2.05) is 12.4 Å².